The first kappa shape index (κ1) is 36.2. The van der Waals surface area contributed by atoms with Gasteiger partial charge in [-0.15, -0.1) is 0 Å². The smallest absolute Gasteiger partial charge is 0.813 e. The van der Waals surface area contributed by atoms with Gasteiger partial charge in [-0.3, -0.25) is 0 Å². The second kappa shape index (κ2) is 29.2. The van der Waals surface area contributed by atoms with Crippen molar-refractivity contribution in [1.82, 2.24) is 0 Å². The Morgan fingerprint density at radius 2 is 0.583 bits per heavy atom. The number of hydrogen-bond donors (Lipinski definition) is 0. The fourth-order valence-electron chi connectivity index (χ4n) is 0. The maximum atomic E-state index is 8.52. The monoisotopic (exact) mass is 588 g/mol. The molecular formula is H2Ag4O6P2. The average molecular weight is 591 g/mol. The van der Waals surface area contributed by atoms with Crippen LogP contribution in [0, 0.1) is 0 Å². The third kappa shape index (κ3) is 187. The molecule has 0 aliphatic rings. The summed E-state index contributed by atoms with van der Waals surface area (Å²) in [5.74, 6) is 0. The van der Waals surface area contributed by atoms with E-state index in [0.717, 1.165) is 0 Å². The Morgan fingerprint density at radius 1 is 0.583 bits per heavy atom. The summed E-state index contributed by atoms with van der Waals surface area (Å²) in [6, 6.07) is 0. The molecule has 0 fully saturated rings. The van der Waals surface area contributed by atoms with Gasteiger partial charge < -0.3 is 28.7 Å². The van der Waals surface area contributed by atoms with E-state index in [4.69, 9.17) is 28.7 Å². The maximum Gasteiger partial charge on any atom is 1.00 e. The van der Waals surface area contributed by atoms with E-state index < -0.39 is 16.5 Å². The average Bonchev–Trinajstić information content (AvgIpc) is 1.25. The molecule has 92 valence electrons. The minimum Gasteiger partial charge on any atom is -0.813 e. The summed E-state index contributed by atoms with van der Waals surface area (Å²) in [6.07, 6.45) is 0. The predicted molar refractivity (Wildman–Crippen MR) is 18.0 cm³/mol. The molecule has 0 aromatic rings. The Labute approximate surface area is 133 Å². The SMILES string of the molecule is O=[PH]([O-])[O-].O=[PH]([O-])[O-].[Ag+].[Ag+].[Ag+].[Ag+]. The molecule has 0 heterocycles. The first-order valence-electron chi connectivity index (χ1n) is 1.22. The molecule has 0 rings (SSSR count). The third-order valence-electron chi connectivity index (χ3n) is 0. The molecule has 0 atom stereocenters. The minimum atomic E-state index is -3.63. The molecule has 0 radical (unpaired) electrons. The standard InChI is InChI=1S/4Ag.2H3O3P/c;;;;2*1-4(2)3/h;;;;2*4H,(H2,1,2,3)/q4*+1;;/p-4. The van der Waals surface area contributed by atoms with Crippen molar-refractivity contribution in [2.45, 2.75) is 0 Å². The first-order chi connectivity index (χ1) is 3.46. The van der Waals surface area contributed by atoms with Crippen LogP contribution in [0.3, 0.4) is 0 Å². The summed E-state index contributed by atoms with van der Waals surface area (Å²) in [7, 11) is -7.26. The van der Waals surface area contributed by atoms with Crippen LogP contribution < -0.4 is 19.6 Å². The van der Waals surface area contributed by atoms with E-state index in [1.807, 2.05) is 0 Å². The van der Waals surface area contributed by atoms with Gasteiger partial charge >= 0.3 is 89.5 Å². The summed E-state index contributed by atoms with van der Waals surface area (Å²) < 4.78 is 17.0. The quantitative estimate of drug-likeness (QED) is 0.210. The van der Waals surface area contributed by atoms with Gasteiger partial charge in [0, 0.05) is 0 Å². The minimum absolute atomic E-state index is 0. The Bertz CT molecular complexity index is 75.5. The molecular weight excluding hydrogens is 589 g/mol. The van der Waals surface area contributed by atoms with Crippen LogP contribution in [0.4, 0.5) is 0 Å². The summed E-state index contributed by atoms with van der Waals surface area (Å²) in [5.41, 5.74) is 0. The first-order valence-corrected chi connectivity index (χ1v) is 3.67. The van der Waals surface area contributed by atoms with E-state index in [0.29, 0.717) is 0 Å². The Kier molecular flexibility index (Phi) is 88.2. The molecule has 0 saturated heterocycles. The van der Waals surface area contributed by atoms with Gasteiger partial charge in [-0.25, -0.2) is 0 Å². The maximum absolute atomic E-state index is 8.52. The number of rotatable bonds is 0. The number of hydrogen-bond acceptors (Lipinski definition) is 6. The van der Waals surface area contributed by atoms with Gasteiger partial charge in [0.1, 0.15) is 0 Å². The van der Waals surface area contributed by atoms with Crippen molar-refractivity contribution in [2.75, 3.05) is 0 Å². The summed E-state index contributed by atoms with van der Waals surface area (Å²) in [4.78, 5) is 34.1. The molecule has 0 unspecified atom stereocenters. The molecule has 0 spiro atoms. The van der Waals surface area contributed by atoms with Crippen LogP contribution >= 0.6 is 16.5 Å². The van der Waals surface area contributed by atoms with E-state index in [2.05, 4.69) is 0 Å². The zero-order valence-corrected chi connectivity index (χ0v) is 12.6. The van der Waals surface area contributed by atoms with Crippen LogP contribution in [-0.4, -0.2) is 0 Å². The van der Waals surface area contributed by atoms with Crippen molar-refractivity contribution < 1.29 is 118 Å². The molecule has 0 aliphatic carbocycles. The van der Waals surface area contributed by atoms with Crippen LogP contribution in [0.15, 0.2) is 0 Å². The van der Waals surface area contributed by atoms with Crippen molar-refractivity contribution in [3.8, 4) is 0 Å². The topological polar surface area (TPSA) is 126 Å². The van der Waals surface area contributed by atoms with E-state index >= 15 is 0 Å². The Hall–Kier alpha value is 3.26. The fourth-order valence-corrected chi connectivity index (χ4v) is 0. The molecule has 0 aromatic heterocycles. The van der Waals surface area contributed by atoms with Crippen LogP contribution in [0.2, 0.25) is 0 Å². The van der Waals surface area contributed by atoms with Crippen molar-refractivity contribution in [3.63, 3.8) is 0 Å². The summed E-state index contributed by atoms with van der Waals surface area (Å²) in [5, 5.41) is 0. The molecule has 0 amide bonds. The van der Waals surface area contributed by atoms with Gasteiger partial charge in [0.25, 0.3) is 0 Å². The van der Waals surface area contributed by atoms with Crippen molar-refractivity contribution in [1.29, 1.82) is 0 Å². The van der Waals surface area contributed by atoms with Gasteiger partial charge in [0.05, 0.1) is 0 Å². The second-order valence-electron chi connectivity index (χ2n) is 0.500. The van der Waals surface area contributed by atoms with Crippen molar-refractivity contribution in [3.05, 3.63) is 0 Å². The van der Waals surface area contributed by atoms with Crippen LogP contribution in [0.25, 0.3) is 0 Å². The normalized spacial score (nSPS) is 5.83. The fraction of sp³-hybridized carbons (Fsp3) is 0. The molecule has 0 aromatic carbocycles. The predicted octanol–water partition coefficient (Wildman–Crippen LogP) is -3.82. The third-order valence-corrected chi connectivity index (χ3v) is 0. The van der Waals surface area contributed by atoms with Crippen LogP contribution in [0.5, 0.6) is 0 Å². The molecule has 0 aliphatic heterocycles. The van der Waals surface area contributed by atoms with Crippen LogP contribution in [-0.2, 0) is 98.7 Å². The van der Waals surface area contributed by atoms with Crippen molar-refractivity contribution >= 4 is 16.5 Å². The summed E-state index contributed by atoms with van der Waals surface area (Å²) >= 11 is 0. The van der Waals surface area contributed by atoms with Gasteiger partial charge in [-0.1, -0.05) is 16.5 Å². The van der Waals surface area contributed by atoms with Crippen LogP contribution in [0.1, 0.15) is 0 Å². The zero-order chi connectivity index (χ0) is 7.15. The van der Waals surface area contributed by atoms with Gasteiger partial charge in [0.2, 0.25) is 0 Å². The van der Waals surface area contributed by atoms with E-state index in [-0.39, 0.29) is 89.5 Å². The Morgan fingerprint density at radius 3 is 0.583 bits per heavy atom. The van der Waals surface area contributed by atoms with Gasteiger partial charge in [0.15, 0.2) is 0 Å². The van der Waals surface area contributed by atoms with E-state index in [1.165, 1.54) is 0 Å². The molecule has 0 saturated carbocycles. The zero-order valence-electron chi connectivity index (χ0n) is 4.66. The molecule has 12 heavy (non-hydrogen) atoms. The van der Waals surface area contributed by atoms with Gasteiger partial charge in [-0.2, -0.15) is 0 Å². The molecule has 6 nitrogen and oxygen atoms in total. The van der Waals surface area contributed by atoms with E-state index in [1.54, 1.807) is 0 Å². The Balaban J connectivity index is -0.0000000112. The molecule has 0 bridgehead atoms. The summed E-state index contributed by atoms with van der Waals surface area (Å²) in [6.45, 7) is 0. The second-order valence-corrected chi connectivity index (χ2v) is 1.50. The molecule has 12 heteroatoms. The molecule has 0 N–H and O–H groups in total. The van der Waals surface area contributed by atoms with Crippen molar-refractivity contribution in [2.24, 2.45) is 0 Å². The largest absolute Gasteiger partial charge is 1.00 e. The van der Waals surface area contributed by atoms with Gasteiger partial charge in [-0.05, 0) is 0 Å². The van der Waals surface area contributed by atoms with E-state index in [9.17, 15) is 0 Å².